The lowest BCUT2D eigenvalue weighted by Gasteiger charge is -1.96. The summed E-state index contributed by atoms with van der Waals surface area (Å²) >= 11 is 1.18. The third-order valence-electron chi connectivity index (χ3n) is 2.11. The number of amides is 1. The van der Waals surface area contributed by atoms with Crippen molar-refractivity contribution in [1.29, 1.82) is 0 Å². The van der Waals surface area contributed by atoms with E-state index >= 15 is 0 Å². The molecular formula is C12H10N2O4S. The monoisotopic (exact) mass is 278 g/mol. The number of nitrogens with zero attached hydrogens (tertiary/aromatic N) is 1. The van der Waals surface area contributed by atoms with Gasteiger partial charge in [0.05, 0.1) is 10.6 Å². The number of nitrogens with one attached hydrogen (secondary N) is 1. The third kappa shape index (κ3) is 3.52. The van der Waals surface area contributed by atoms with E-state index in [1.165, 1.54) is 17.4 Å². The summed E-state index contributed by atoms with van der Waals surface area (Å²) in [6.07, 6.45) is 2.45. The first kappa shape index (κ1) is 13.0. The summed E-state index contributed by atoms with van der Waals surface area (Å²) in [5.74, 6) is -1.08. The van der Waals surface area contributed by atoms with Crippen molar-refractivity contribution in [2.75, 3.05) is 5.32 Å². The fourth-order valence-electron chi connectivity index (χ4n) is 1.31. The van der Waals surface area contributed by atoms with Gasteiger partial charge in [0.15, 0.2) is 0 Å². The van der Waals surface area contributed by atoms with Crippen molar-refractivity contribution < 1.29 is 19.2 Å². The highest BCUT2D eigenvalue weighted by Gasteiger charge is 2.11. The highest BCUT2D eigenvalue weighted by molar-refractivity contribution is 7.15. The van der Waals surface area contributed by atoms with Crippen LogP contribution in [0.2, 0.25) is 0 Å². The number of thiophene rings is 1. The summed E-state index contributed by atoms with van der Waals surface area (Å²) in [5.41, 5.74) is 0.673. The Balaban J connectivity index is 2.06. The molecule has 0 saturated carbocycles. The van der Waals surface area contributed by atoms with E-state index in [1.807, 2.05) is 0 Å². The molecule has 19 heavy (non-hydrogen) atoms. The van der Waals surface area contributed by atoms with E-state index in [4.69, 9.17) is 9.63 Å². The molecule has 0 aliphatic carbocycles. The zero-order valence-corrected chi connectivity index (χ0v) is 10.7. The molecule has 0 aromatic carbocycles. The second-order valence-electron chi connectivity index (χ2n) is 3.66. The van der Waals surface area contributed by atoms with Gasteiger partial charge in [-0.05, 0) is 25.1 Å². The van der Waals surface area contributed by atoms with Crippen LogP contribution in [0.3, 0.4) is 0 Å². The molecule has 2 N–H and O–H groups in total. The van der Waals surface area contributed by atoms with Crippen LogP contribution < -0.4 is 5.32 Å². The Hall–Kier alpha value is -2.41. The van der Waals surface area contributed by atoms with Crippen LogP contribution >= 0.6 is 11.3 Å². The Kier molecular flexibility index (Phi) is 3.76. The van der Waals surface area contributed by atoms with Crippen LogP contribution in [0.1, 0.15) is 20.2 Å². The van der Waals surface area contributed by atoms with Crippen LogP contribution in [0.4, 0.5) is 5.88 Å². The van der Waals surface area contributed by atoms with Crippen molar-refractivity contribution in [3.8, 4) is 0 Å². The molecule has 0 unspecified atom stereocenters. The number of hydrogen-bond acceptors (Lipinski definition) is 5. The Bertz CT molecular complexity index is 642. The zero-order chi connectivity index (χ0) is 13.8. The van der Waals surface area contributed by atoms with Gasteiger partial charge in [-0.3, -0.25) is 10.1 Å². The smallest absolute Gasteiger partial charge is 0.328 e. The number of hydrogen-bond donors (Lipinski definition) is 2. The summed E-state index contributed by atoms with van der Waals surface area (Å²) in [7, 11) is 0. The van der Waals surface area contributed by atoms with E-state index < -0.39 is 5.97 Å². The number of carbonyl (C=O) groups excluding carboxylic acids is 1. The molecule has 98 valence electrons. The molecule has 6 nitrogen and oxygen atoms in total. The normalized spacial score (nSPS) is 10.8. The minimum Gasteiger partial charge on any atom is -0.478 e. The van der Waals surface area contributed by atoms with Gasteiger partial charge >= 0.3 is 5.97 Å². The van der Waals surface area contributed by atoms with Gasteiger partial charge in [0.1, 0.15) is 0 Å². The average molecular weight is 278 g/mol. The highest BCUT2D eigenvalue weighted by Crippen LogP contribution is 2.19. The second kappa shape index (κ2) is 5.49. The molecular weight excluding hydrogens is 268 g/mol. The number of carbonyl (C=O) groups is 2. The van der Waals surface area contributed by atoms with Crippen molar-refractivity contribution >= 4 is 35.2 Å². The molecule has 0 spiro atoms. The number of aliphatic carboxylic acids is 1. The summed E-state index contributed by atoms with van der Waals surface area (Å²) < 4.78 is 4.87. The molecule has 0 bridgehead atoms. The van der Waals surface area contributed by atoms with Crippen LogP contribution in [0, 0.1) is 6.92 Å². The number of rotatable bonds is 4. The molecule has 0 aliphatic heterocycles. The van der Waals surface area contributed by atoms with Crippen LogP contribution in [0.15, 0.2) is 28.8 Å². The number of anilines is 1. The van der Waals surface area contributed by atoms with Gasteiger partial charge in [-0.15, -0.1) is 11.3 Å². The van der Waals surface area contributed by atoms with E-state index in [2.05, 4.69) is 10.5 Å². The predicted octanol–water partition coefficient (Wildman–Crippen LogP) is 2.39. The van der Waals surface area contributed by atoms with E-state index in [9.17, 15) is 9.59 Å². The minimum absolute atomic E-state index is 0.276. The molecule has 2 aromatic rings. The lowest BCUT2D eigenvalue weighted by molar-refractivity contribution is -0.131. The Morgan fingerprint density at radius 1 is 1.47 bits per heavy atom. The fraction of sp³-hybridized carbons (Fsp3) is 0.0833. The molecule has 0 saturated heterocycles. The number of carboxylic acid groups (broad SMARTS) is 1. The average Bonchev–Trinajstić information content (AvgIpc) is 2.95. The quantitative estimate of drug-likeness (QED) is 0.838. The number of aryl methyl sites for hydroxylation is 1. The molecule has 2 heterocycles. The van der Waals surface area contributed by atoms with Gasteiger partial charge < -0.3 is 9.63 Å². The maximum absolute atomic E-state index is 11.8. The first-order valence-electron chi connectivity index (χ1n) is 5.30. The molecule has 0 atom stereocenters. The maximum atomic E-state index is 11.8. The van der Waals surface area contributed by atoms with Gasteiger partial charge in [0, 0.05) is 17.0 Å². The fourth-order valence-corrected chi connectivity index (χ4v) is 2.12. The summed E-state index contributed by atoms with van der Waals surface area (Å²) in [6, 6.07) is 4.89. The molecule has 0 fully saturated rings. The van der Waals surface area contributed by atoms with Gasteiger partial charge in [0.2, 0.25) is 5.88 Å². The van der Waals surface area contributed by atoms with Crippen molar-refractivity contribution in [2.45, 2.75) is 6.92 Å². The predicted molar refractivity (Wildman–Crippen MR) is 70.2 cm³/mol. The van der Waals surface area contributed by atoms with Gasteiger partial charge in [0.25, 0.3) is 5.91 Å². The van der Waals surface area contributed by atoms with Crippen molar-refractivity contribution in [1.82, 2.24) is 5.16 Å². The van der Waals surface area contributed by atoms with Crippen LogP contribution in [0.5, 0.6) is 0 Å². The Labute approximate surface area is 112 Å². The second-order valence-corrected chi connectivity index (χ2v) is 4.78. The van der Waals surface area contributed by atoms with Crippen molar-refractivity contribution in [3.63, 3.8) is 0 Å². The molecule has 7 heteroatoms. The minimum atomic E-state index is -1.03. The SMILES string of the molecule is Cc1cc(NC(=O)c2ccc(/C=C/C(=O)O)s2)on1. The number of carboxylic acids is 1. The van der Waals surface area contributed by atoms with Crippen molar-refractivity contribution in [3.05, 3.63) is 39.7 Å². The molecule has 2 rings (SSSR count). The largest absolute Gasteiger partial charge is 0.478 e. The first-order valence-corrected chi connectivity index (χ1v) is 6.12. The molecule has 1 amide bonds. The Morgan fingerprint density at radius 2 is 2.26 bits per heavy atom. The van der Waals surface area contributed by atoms with Crippen LogP contribution in [-0.2, 0) is 4.79 Å². The summed E-state index contributed by atoms with van der Waals surface area (Å²) in [4.78, 5) is 23.4. The van der Waals surface area contributed by atoms with E-state index in [-0.39, 0.29) is 11.8 Å². The molecule has 2 aromatic heterocycles. The highest BCUT2D eigenvalue weighted by atomic mass is 32.1. The maximum Gasteiger partial charge on any atom is 0.328 e. The lowest BCUT2D eigenvalue weighted by atomic mass is 10.4. The van der Waals surface area contributed by atoms with Gasteiger partial charge in [-0.2, -0.15) is 0 Å². The Morgan fingerprint density at radius 3 is 2.89 bits per heavy atom. The van der Waals surface area contributed by atoms with Crippen LogP contribution in [0.25, 0.3) is 6.08 Å². The summed E-state index contributed by atoms with van der Waals surface area (Å²) in [6.45, 7) is 1.75. The van der Waals surface area contributed by atoms with Crippen LogP contribution in [-0.4, -0.2) is 22.1 Å². The third-order valence-corrected chi connectivity index (χ3v) is 3.15. The van der Waals surface area contributed by atoms with E-state index in [0.717, 1.165) is 6.08 Å². The lowest BCUT2D eigenvalue weighted by Crippen LogP contribution is -2.09. The molecule has 0 aliphatic rings. The number of aromatic nitrogens is 1. The van der Waals surface area contributed by atoms with E-state index in [1.54, 1.807) is 25.1 Å². The topological polar surface area (TPSA) is 92.4 Å². The summed E-state index contributed by atoms with van der Waals surface area (Å²) in [5, 5.41) is 14.7. The zero-order valence-electron chi connectivity index (χ0n) is 9.91. The van der Waals surface area contributed by atoms with Crippen molar-refractivity contribution in [2.24, 2.45) is 0 Å². The first-order chi connectivity index (χ1) is 9.04. The van der Waals surface area contributed by atoms with Gasteiger partial charge in [-0.25, -0.2) is 4.79 Å². The standard InChI is InChI=1S/C12H10N2O4S/c1-7-6-10(18-14-7)13-12(17)9-4-2-8(19-9)3-5-11(15)16/h2-6H,1H3,(H,13,17)(H,15,16)/b5-3+. The van der Waals surface area contributed by atoms with Gasteiger partial charge in [-0.1, -0.05) is 5.16 Å². The van der Waals surface area contributed by atoms with E-state index in [0.29, 0.717) is 15.4 Å². The molecule has 0 radical (unpaired) electrons.